The summed E-state index contributed by atoms with van der Waals surface area (Å²) >= 11 is 0. The van der Waals surface area contributed by atoms with Gasteiger partial charge in [-0.2, -0.15) is 4.91 Å². The van der Waals surface area contributed by atoms with E-state index in [2.05, 4.69) is 25.5 Å². The van der Waals surface area contributed by atoms with Crippen molar-refractivity contribution >= 4 is 17.9 Å². The number of nitrogens with one attached hydrogen (secondary N) is 1. The van der Waals surface area contributed by atoms with Crippen molar-refractivity contribution in [1.82, 2.24) is 15.3 Å². The molecule has 9 nitrogen and oxygen atoms in total. The fourth-order valence-corrected chi connectivity index (χ4v) is 3.98. The van der Waals surface area contributed by atoms with Gasteiger partial charge in [-0.15, -0.1) is 0 Å². The van der Waals surface area contributed by atoms with E-state index in [0.29, 0.717) is 28.2 Å². The topological polar surface area (TPSA) is 149 Å². The van der Waals surface area contributed by atoms with Gasteiger partial charge in [0, 0.05) is 24.4 Å². The number of amides is 1. The summed E-state index contributed by atoms with van der Waals surface area (Å²) in [6.45, 7) is 0. The summed E-state index contributed by atoms with van der Waals surface area (Å²) in [6.07, 6.45) is 9.44. The highest BCUT2D eigenvalue weighted by molar-refractivity contribution is 5.97. The fraction of sp³-hybridized carbons (Fsp3) is 0.444. The van der Waals surface area contributed by atoms with Crippen LogP contribution in [0.25, 0.3) is 0 Å². The number of carbonyl (C=O) groups excluding carboxylic acids is 1. The Bertz CT molecular complexity index is 884. The van der Waals surface area contributed by atoms with Gasteiger partial charge in [0.2, 0.25) is 5.91 Å². The van der Waals surface area contributed by atoms with Gasteiger partial charge >= 0.3 is 0 Å². The lowest BCUT2D eigenvalue weighted by Crippen LogP contribution is -2.27. The summed E-state index contributed by atoms with van der Waals surface area (Å²) in [5.74, 6) is -0.743. The molecule has 2 heterocycles. The van der Waals surface area contributed by atoms with Crippen molar-refractivity contribution in [2.24, 2.45) is 15.9 Å². The Kier molecular flexibility index (Phi) is 4.43. The van der Waals surface area contributed by atoms with Gasteiger partial charge in [-0.3, -0.25) is 9.79 Å². The molecule has 2 atom stereocenters. The quantitative estimate of drug-likeness (QED) is 0.539. The number of nitrogen functional groups attached to an aromatic ring is 1. The second-order valence-electron chi connectivity index (χ2n) is 7.11. The van der Waals surface area contributed by atoms with Gasteiger partial charge in [0.05, 0.1) is 17.0 Å². The zero-order chi connectivity index (χ0) is 19.0. The molecule has 1 aliphatic heterocycles. The van der Waals surface area contributed by atoms with Gasteiger partial charge in [-0.25, -0.2) is 9.97 Å². The molecule has 1 fully saturated rings. The van der Waals surface area contributed by atoms with Crippen LogP contribution in [-0.4, -0.2) is 34.2 Å². The molecule has 27 heavy (non-hydrogen) atoms. The van der Waals surface area contributed by atoms with E-state index in [1.165, 1.54) is 19.2 Å². The molecule has 4 rings (SSSR count). The average Bonchev–Trinajstić information content (AvgIpc) is 3.27. The Morgan fingerprint density at radius 2 is 2.00 bits per heavy atom. The highest BCUT2D eigenvalue weighted by atomic mass is 16.3. The van der Waals surface area contributed by atoms with E-state index < -0.39 is 12.0 Å². The molecule has 3 aliphatic rings. The molecule has 0 bridgehead atoms. The predicted molar refractivity (Wildman–Crippen MR) is 101 cm³/mol. The normalized spacial score (nSPS) is 25.6. The zero-order valence-electron chi connectivity index (χ0n) is 14.8. The second-order valence-corrected chi connectivity index (χ2v) is 7.11. The summed E-state index contributed by atoms with van der Waals surface area (Å²) in [7, 11) is 0. The minimum absolute atomic E-state index is 0.263. The monoisotopic (exact) mass is 367 g/mol. The van der Waals surface area contributed by atoms with E-state index in [4.69, 9.17) is 11.5 Å². The first kappa shape index (κ1) is 17.3. The van der Waals surface area contributed by atoms with E-state index in [1.807, 2.05) is 0 Å². The van der Waals surface area contributed by atoms with Crippen molar-refractivity contribution in [3.8, 4) is 0 Å². The molecular formula is C18H21N7O2. The van der Waals surface area contributed by atoms with E-state index in [1.54, 1.807) is 12.3 Å². The number of hydrogen-bond donors (Lipinski definition) is 3. The van der Waals surface area contributed by atoms with Gasteiger partial charge in [-0.05, 0) is 24.5 Å². The van der Waals surface area contributed by atoms with Crippen LogP contribution in [0, 0.1) is 4.91 Å². The van der Waals surface area contributed by atoms with Gasteiger partial charge in [-0.1, -0.05) is 18.0 Å². The molecule has 0 aromatic carbocycles. The number of aliphatic imine (C=N–C) groups is 1. The first-order valence-corrected chi connectivity index (χ1v) is 9.05. The number of nitroso groups, excluding NO2 is 1. The summed E-state index contributed by atoms with van der Waals surface area (Å²) in [4.78, 5) is 36.9. The molecule has 5 N–H and O–H groups in total. The SMILES string of the molecule is NC1=CC2=C(NC(=O)C2c2ncnc(N)c2C=NC2CCCC2)C(N=O)C1. The smallest absolute Gasteiger partial charge is 0.237 e. The largest absolute Gasteiger partial charge is 0.402 e. The fourth-order valence-electron chi connectivity index (χ4n) is 3.98. The summed E-state index contributed by atoms with van der Waals surface area (Å²) in [6, 6.07) is -0.438. The molecule has 1 amide bonds. The van der Waals surface area contributed by atoms with Crippen LogP contribution < -0.4 is 16.8 Å². The summed E-state index contributed by atoms with van der Waals surface area (Å²) in [5, 5.41) is 5.88. The van der Waals surface area contributed by atoms with Crippen molar-refractivity contribution in [1.29, 1.82) is 0 Å². The molecular weight excluding hydrogens is 346 g/mol. The standard InChI is InChI=1S/C18H21N7O2/c19-9-5-11-14(18(26)24-15(11)13(6-9)25-27)16-12(17(20)23-8-22-16)7-21-10-3-1-2-4-10/h5,7-8,10,13-14H,1-4,6,19H2,(H,24,26)(H2,20,22,23). The van der Waals surface area contributed by atoms with Crippen LogP contribution in [-0.2, 0) is 4.79 Å². The zero-order valence-corrected chi connectivity index (χ0v) is 14.8. The molecule has 140 valence electrons. The third-order valence-electron chi connectivity index (χ3n) is 5.33. The van der Waals surface area contributed by atoms with Crippen LogP contribution in [0.3, 0.4) is 0 Å². The maximum atomic E-state index is 12.7. The summed E-state index contributed by atoms with van der Waals surface area (Å²) in [5.41, 5.74) is 14.6. The van der Waals surface area contributed by atoms with Crippen LogP contribution in [0.5, 0.6) is 0 Å². The number of anilines is 1. The highest BCUT2D eigenvalue weighted by Gasteiger charge is 2.41. The minimum Gasteiger partial charge on any atom is -0.402 e. The third-order valence-corrected chi connectivity index (χ3v) is 5.33. The van der Waals surface area contributed by atoms with E-state index in [9.17, 15) is 9.70 Å². The van der Waals surface area contributed by atoms with Crippen LogP contribution in [0.4, 0.5) is 5.82 Å². The maximum absolute atomic E-state index is 12.7. The Morgan fingerprint density at radius 3 is 2.74 bits per heavy atom. The lowest BCUT2D eigenvalue weighted by Gasteiger charge is -2.19. The molecule has 1 saturated carbocycles. The number of carbonyl (C=O) groups is 1. The van der Waals surface area contributed by atoms with Crippen molar-refractivity contribution in [2.75, 3.05) is 5.73 Å². The van der Waals surface area contributed by atoms with Crippen LogP contribution in [0.2, 0.25) is 0 Å². The Hall–Kier alpha value is -3.10. The summed E-state index contributed by atoms with van der Waals surface area (Å²) < 4.78 is 0. The van der Waals surface area contributed by atoms with E-state index >= 15 is 0 Å². The van der Waals surface area contributed by atoms with Crippen molar-refractivity contribution in [2.45, 2.75) is 50.1 Å². The predicted octanol–water partition coefficient (Wildman–Crippen LogP) is 1.27. The van der Waals surface area contributed by atoms with Crippen molar-refractivity contribution in [3.63, 3.8) is 0 Å². The molecule has 2 aliphatic carbocycles. The maximum Gasteiger partial charge on any atom is 0.237 e. The first-order chi connectivity index (χ1) is 13.1. The number of nitrogens with zero attached hydrogens (tertiary/aromatic N) is 4. The van der Waals surface area contributed by atoms with E-state index in [0.717, 1.165) is 12.8 Å². The second kappa shape index (κ2) is 6.90. The highest BCUT2D eigenvalue weighted by Crippen LogP contribution is 2.39. The molecule has 0 spiro atoms. The molecule has 2 unspecified atom stereocenters. The Labute approximate surface area is 156 Å². The van der Waals surface area contributed by atoms with Gasteiger partial charge in [0.25, 0.3) is 0 Å². The first-order valence-electron chi connectivity index (χ1n) is 9.05. The van der Waals surface area contributed by atoms with Gasteiger partial charge in [0.1, 0.15) is 24.1 Å². The number of nitrogens with two attached hydrogens (primary N) is 2. The molecule has 1 aromatic rings. The average molecular weight is 367 g/mol. The lowest BCUT2D eigenvalue weighted by atomic mass is 9.88. The molecule has 0 saturated heterocycles. The number of hydrogen-bond acceptors (Lipinski definition) is 8. The number of allylic oxidation sites excluding steroid dienone is 1. The van der Waals surface area contributed by atoms with Crippen LogP contribution in [0.1, 0.15) is 49.3 Å². The van der Waals surface area contributed by atoms with Gasteiger partial charge in [0.15, 0.2) is 0 Å². The third kappa shape index (κ3) is 3.09. The molecule has 1 aromatic heterocycles. The molecule has 0 radical (unpaired) electrons. The lowest BCUT2D eigenvalue weighted by molar-refractivity contribution is -0.120. The number of aromatic nitrogens is 2. The van der Waals surface area contributed by atoms with Crippen LogP contribution in [0.15, 0.2) is 39.5 Å². The Morgan fingerprint density at radius 1 is 1.22 bits per heavy atom. The van der Waals surface area contributed by atoms with E-state index in [-0.39, 0.29) is 24.2 Å². The molecule has 9 heteroatoms. The van der Waals surface area contributed by atoms with Crippen molar-refractivity contribution in [3.05, 3.63) is 45.5 Å². The van der Waals surface area contributed by atoms with Crippen molar-refractivity contribution < 1.29 is 4.79 Å². The van der Waals surface area contributed by atoms with Gasteiger partial charge < -0.3 is 16.8 Å². The minimum atomic E-state index is -0.724. The Balaban J connectivity index is 1.76. The van der Waals surface area contributed by atoms with Crippen LogP contribution >= 0.6 is 0 Å². The number of rotatable bonds is 4.